The minimum absolute atomic E-state index is 0.222. The molecule has 0 fully saturated rings. The molecular formula is C19H22O5. The first kappa shape index (κ1) is 16.3. The minimum atomic E-state index is 0.222. The molecule has 0 N–H and O–H groups in total. The van der Waals surface area contributed by atoms with Gasteiger partial charge >= 0.3 is 0 Å². The van der Waals surface area contributed by atoms with E-state index in [2.05, 4.69) is 6.07 Å². The van der Waals surface area contributed by atoms with Gasteiger partial charge in [0, 0.05) is 23.6 Å². The second-order valence-corrected chi connectivity index (χ2v) is 5.63. The second-order valence-electron chi connectivity index (χ2n) is 5.63. The molecule has 0 bridgehead atoms. The third-order valence-electron chi connectivity index (χ3n) is 4.37. The molecule has 0 spiro atoms. The van der Waals surface area contributed by atoms with Crippen LogP contribution in [0.5, 0.6) is 28.7 Å². The molecule has 5 nitrogen and oxygen atoms in total. The maximum atomic E-state index is 5.97. The van der Waals surface area contributed by atoms with Gasteiger partial charge in [0.15, 0.2) is 11.5 Å². The highest BCUT2D eigenvalue weighted by molar-refractivity contribution is 5.53. The van der Waals surface area contributed by atoms with Gasteiger partial charge < -0.3 is 23.7 Å². The lowest BCUT2D eigenvalue weighted by Gasteiger charge is -2.27. The van der Waals surface area contributed by atoms with Crippen LogP contribution in [0, 0.1) is 0 Å². The summed E-state index contributed by atoms with van der Waals surface area (Å²) in [5, 5.41) is 0. The van der Waals surface area contributed by atoms with Crippen LogP contribution < -0.4 is 23.7 Å². The Morgan fingerprint density at radius 3 is 2.25 bits per heavy atom. The van der Waals surface area contributed by atoms with E-state index in [9.17, 15) is 0 Å². The van der Waals surface area contributed by atoms with Gasteiger partial charge in [0.1, 0.15) is 17.2 Å². The van der Waals surface area contributed by atoms with Crippen LogP contribution in [0.25, 0.3) is 0 Å². The number of ether oxygens (including phenoxy) is 5. The Bertz CT molecular complexity index is 709. The molecule has 24 heavy (non-hydrogen) atoms. The first-order valence-corrected chi connectivity index (χ1v) is 7.79. The van der Waals surface area contributed by atoms with Gasteiger partial charge in [-0.15, -0.1) is 0 Å². The predicted octanol–water partition coefficient (Wildman–Crippen LogP) is 3.44. The van der Waals surface area contributed by atoms with Crippen molar-refractivity contribution in [3.63, 3.8) is 0 Å². The van der Waals surface area contributed by atoms with E-state index in [1.807, 2.05) is 24.3 Å². The fourth-order valence-electron chi connectivity index (χ4n) is 3.04. The highest BCUT2D eigenvalue weighted by atomic mass is 16.5. The van der Waals surface area contributed by atoms with E-state index >= 15 is 0 Å². The zero-order valence-corrected chi connectivity index (χ0v) is 14.4. The van der Waals surface area contributed by atoms with Crippen molar-refractivity contribution in [1.29, 1.82) is 0 Å². The van der Waals surface area contributed by atoms with Crippen LogP contribution in [-0.4, -0.2) is 35.0 Å². The van der Waals surface area contributed by atoms with Gasteiger partial charge in [-0.1, -0.05) is 6.07 Å². The summed E-state index contributed by atoms with van der Waals surface area (Å²) in [4.78, 5) is 0. The van der Waals surface area contributed by atoms with Gasteiger partial charge in [-0.2, -0.15) is 0 Å². The molecule has 1 aliphatic heterocycles. The molecule has 5 heteroatoms. The van der Waals surface area contributed by atoms with Crippen molar-refractivity contribution < 1.29 is 23.7 Å². The Balaban J connectivity index is 1.92. The normalized spacial score (nSPS) is 15.9. The Hall–Kier alpha value is -2.56. The van der Waals surface area contributed by atoms with E-state index in [0.29, 0.717) is 6.61 Å². The summed E-state index contributed by atoms with van der Waals surface area (Å²) in [6.07, 6.45) is 0.831. The van der Waals surface area contributed by atoms with Crippen molar-refractivity contribution in [2.75, 3.05) is 35.0 Å². The second kappa shape index (κ2) is 6.91. The topological polar surface area (TPSA) is 46.2 Å². The molecule has 0 radical (unpaired) electrons. The molecule has 2 aromatic rings. The number of benzene rings is 2. The summed E-state index contributed by atoms with van der Waals surface area (Å²) in [6, 6.07) is 9.78. The number of hydrogen-bond acceptors (Lipinski definition) is 5. The van der Waals surface area contributed by atoms with E-state index in [-0.39, 0.29) is 5.92 Å². The fraction of sp³-hybridized carbons (Fsp3) is 0.368. The van der Waals surface area contributed by atoms with Gasteiger partial charge in [-0.25, -0.2) is 0 Å². The monoisotopic (exact) mass is 330 g/mol. The van der Waals surface area contributed by atoms with E-state index in [1.165, 1.54) is 0 Å². The molecule has 128 valence electrons. The molecule has 1 heterocycles. The summed E-state index contributed by atoms with van der Waals surface area (Å²) < 4.78 is 27.5. The Morgan fingerprint density at radius 1 is 0.833 bits per heavy atom. The van der Waals surface area contributed by atoms with Crippen molar-refractivity contribution >= 4 is 0 Å². The minimum Gasteiger partial charge on any atom is -0.496 e. The van der Waals surface area contributed by atoms with Crippen LogP contribution in [0.15, 0.2) is 30.3 Å². The standard InChI is InChI=1S/C19H22O5/c1-20-14-9-17(22-3)15-7-13(11-24-18(15)10-14)12-5-6-16(21-2)19(8-12)23-4/h5-6,8-10,13H,7,11H2,1-4H3. The molecule has 2 aromatic carbocycles. The van der Waals surface area contributed by atoms with Gasteiger partial charge in [0.25, 0.3) is 0 Å². The predicted molar refractivity (Wildman–Crippen MR) is 91.0 cm³/mol. The number of rotatable bonds is 5. The summed E-state index contributed by atoms with van der Waals surface area (Å²) in [5.41, 5.74) is 2.21. The zero-order chi connectivity index (χ0) is 17.1. The lowest BCUT2D eigenvalue weighted by Crippen LogP contribution is -2.20. The zero-order valence-electron chi connectivity index (χ0n) is 14.4. The Kier molecular flexibility index (Phi) is 4.69. The van der Waals surface area contributed by atoms with Crippen LogP contribution in [0.1, 0.15) is 17.0 Å². The smallest absolute Gasteiger partial charge is 0.160 e. The molecular weight excluding hydrogens is 308 g/mol. The molecule has 1 unspecified atom stereocenters. The van der Waals surface area contributed by atoms with Crippen LogP contribution in [-0.2, 0) is 6.42 Å². The SMILES string of the molecule is COc1cc(OC)c2c(c1)OCC(c1ccc(OC)c(OC)c1)C2. The number of hydrogen-bond donors (Lipinski definition) is 0. The molecule has 1 atom stereocenters. The first-order chi connectivity index (χ1) is 11.7. The van der Waals surface area contributed by atoms with Gasteiger partial charge in [0.2, 0.25) is 0 Å². The van der Waals surface area contributed by atoms with Crippen LogP contribution >= 0.6 is 0 Å². The molecule has 3 rings (SSSR count). The van der Waals surface area contributed by atoms with Crippen molar-refractivity contribution in [2.24, 2.45) is 0 Å². The van der Waals surface area contributed by atoms with Gasteiger partial charge in [0.05, 0.1) is 35.0 Å². The quantitative estimate of drug-likeness (QED) is 0.840. The molecule has 0 amide bonds. The van der Waals surface area contributed by atoms with Crippen LogP contribution in [0.4, 0.5) is 0 Å². The molecule has 0 aliphatic carbocycles. The van der Waals surface area contributed by atoms with E-state index in [0.717, 1.165) is 46.3 Å². The van der Waals surface area contributed by atoms with Crippen molar-refractivity contribution in [3.8, 4) is 28.7 Å². The van der Waals surface area contributed by atoms with E-state index < -0.39 is 0 Å². The van der Waals surface area contributed by atoms with Gasteiger partial charge in [-0.05, 0) is 24.1 Å². The van der Waals surface area contributed by atoms with Crippen molar-refractivity contribution in [3.05, 3.63) is 41.5 Å². The molecule has 0 saturated carbocycles. The first-order valence-electron chi connectivity index (χ1n) is 7.79. The van der Waals surface area contributed by atoms with Gasteiger partial charge in [-0.3, -0.25) is 0 Å². The third-order valence-corrected chi connectivity index (χ3v) is 4.37. The average Bonchev–Trinajstić information content (AvgIpc) is 2.65. The molecule has 0 aromatic heterocycles. The Morgan fingerprint density at radius 2 is 1.58 bits per heavy atom. The highest BCUT2D eigenvalue weighted by Gasteiger charge is 2.26. The molecule has 1 aliphatic rings. The summed E-state index contributed by atoms with van der Waals surface area (Å²) >= 11 is 0. The number of methoxy groups -OCH3 is 4. The van der Waals surface area contributed by atoms with E-state index in [1.54, 1.807) is 28.4 Å². The van der Waals surface area contributed by atoms with E-state index in [4.69, 9.17) is 23.7 Å². The lowest BCUT2D eigenvalue weighted by atomic mass is 9.89. The molecule has 0 saturated heterocycles. The number of fused-ring (bicyclic) bond motifs is 1. The highest BCUT2D eigenvalue weighted by Crippen LogP contribution is 2.42. The maximum absolute atomic E-state index is 5.97. The average molecular weight is 330 g/mol. The van der Waals surface area contributed by atoms with Crippen molar-refractivity contribution in [2.45, 2.75) is 12.3 Å². The van der Waals surface area contributed by atoms with Crippen LogP contribution in [0.3, 0.4) is 0 Å². The summed E-state index contributed by atoms with van der Waals surface area (Å²) in [7, 11) is 6.57. The summed E-state index contributed by atoms with van der Waals surface area (Å²) in [5.74, 6) is 4.01. The van der Waals surface area contributed by atoms with Crippen molar-refractivity contribution in [1.82, 2.24) is 0 Å². The Labute approximate surface area is 142 Å². The maximum Gasteiger partial charge on any atom is 0.160 e. The third kappa shape index (κ3) is 2.94. The lowest BCUT2D eigenvalue weighted by molar-refractivity contribution is 0.255. The largest absolute Gasteiger partial charge is 0.496 e. The van der Waals surface area contributed by atoms with Crippen LogP contribution in [0.2, 0.25) is 0 Å². The fourth-order valence-corrected chi connectivity index (χ4v) is 3.04. The summed E-state index contributed by atoms with van der Waals surface area (Å²) in [6.45, 7) is 0.596.